The van der Waals surface area contributed by atoms with Crippen molar-refractivity contribution in [3.8, 4) is 0 Å². The fourth-order valence-corrected chi connectivity index (χ4v) is 2.98. The molecule has 0 saturated heterocycles. The lowest BCUT2D eigenvalue weighted by molar-refractivity contribution is -0.122. The Hall–Kier alpha value is -2.82. The lowest BCUT2D eigenvalue weighted by atomic mass is 10.1. The molecule has 2 aromatic rings. The zero-order valence-electron chi connectivity index (χ0n) is 13.6. The van der Waals surface area contributed by atoms with E-state index in [0.29, 0.717) is 18.2 Å². The van der Waals surface area contributed by atoms with Crippen LogP contribution in [0.3, 0.4) is 0 Å². The molecule has 0 unspecified atom stereocenters. The monoisotopic (exact) mass is 323 g/mol. The molecule has 0 bridgehead atoms. The molecule has 1 saturated carbocycles. The Bertz CT molecular complexity index is 773. The zero-order chi connectivity index (χ0) is 17.1. The maximum atomic E-state index is 12.3. The highest BCUT2D eigenvalue weighted by Gasteiger charge is 2.43. The highest BCUT2D eigenvalue weighted by atomic mass is 16.2. The maximum Gasteiger partial charge on any atom is 0.316 e. The number of amides is 3. The van der Waals surface area contributed by atoms with Crippen LogP contribution < -0.4 is 16.4 Å². The molecule has 24 heavy (non-hydrogen) atoms. The standard InChI is InChI=1S/C19H21N3O2/c1-12-4-2-6-14(8-12)16-10-17(16)18(23)21-11-13-5-3-7-15(9-13)22-19(20)24/h2-9,16-17H,10-11H2,1H3,(H,21,23)(H3,20,22,24)/t16-,17-/m1/s1. The van der Waals surface area contributed by atoms with Crippen LogP contribution in [0.2, 0.25) is 0 Å². The molecule has 124 valence electrons. The smallest absolute Gasteiger partial charge is 0.316 e. The Labute approximate surface area is 141 Å². The van der Waals surface area contributed by atoms with Crippen molar-refractivity contribution in [2.75, 3.05) is 5.32 Å². The molecule has 1 aliphatic carbocycles. The van der Waals surface area contributed by atoms with Gasteiger partial charge in [0, 0.05) is 18.2 Å². The van der Waals surface area contributed by atoms with Crippen molar-refractivity contribution < 1.29 is 9.59 Å². The van der Waals surface area contributed by atoms with E-state index in [2.05, 4.69) is 35.8 Å². The van der Waals surface area contributed by atoms with E-state index in [4.69, 9.17) is 5.73 Å². The van der Waals surface area contributed by atoms with E-state index in [1.54, 1.807) is 12.1 Å². The van der Waals surface area contributed by atoms with Crippen LogP contribution in [0.4, 0.5) is 10.5 Å². The van der Waals surface area contributed by atoms with E-state index < -0.39 is 6.03 Å². The van der Waals surface area contributed by atoms with Gasteiger partial charge < -0.3 is 16.4 Å². The fourth-order valence-electron chi connectivity index (χ4n) is 2.98. The number of carbonyl (C=O) groups excluding carboxylic acids is 2. The van der Waals surface area contributed by atoms with E-state index in [9.17, 15) is 9.59 Å². The van der Waals surface area contributed by atoms with Gasteiger partial charge in [0.05, 0.1) is 0 Å². The molecule has 5 nitrogen and oxygen atoms in total. The number of rotatable bonds is 5. The Morgan fingerprint density at radius 3 is 2.71 bits per heavy atom. The van der Waals surface area contributed by atoms with Crippen LogP contribution in [0.5, 0.6) is 0 Å². The second-order valence-electron chi connectivity index (χ2n) is 6.27. The minimum atomic E-state index is -0.602. The van der Waals surface area contributed by atoms with E-state index >= 15 is 0 Å². The Morgan fingerprint density at radius 1 is 1.17 bits per heavy atom. The molecule has 1 fully saturated rings. The summed E-state index contributed by atoms with van der Waals surface area (Å²) in [6.07, 6.45) is 0.901. The Balaban J connectivity index is 1.54. The number of benzene rings is 2. The number of hydrogen-bond donors (Lipinski definition) is 3. The predicted molar refractivity (Wildman–Crippen MR) is 93.5 cm³/mol. The Kier molecular flexibility index (Phi) is 4.51. The van der Waals surface area contributed by atoms with Gasteiger partial charge in [0.2, 0.25) is 5.91 Å². The van der Waals surface area contributed by atoms with Crippen LogP contribution >= 0.6 is 0 Å². The third kappa shape index (κ3) is 3.93. The molecule has 0 aromatic heterocycles. The molecule has 5 heteroatoms. The first kappa shape index (κ1) is 16.1. The molecule has 0 spiro atoms. The number of anilines is 1. The molecule has 3 amide bonds. The molecule has 2 aromatic carbocycles. The van der Waals surface area contributed by atoms with Crippen LogP contribution in [0, 0.1) is 12.8 Å². The summed E-state index contributed by atoms with van der Waals surface area (Å²) in [7, 11) is 0. The van der Waals surface area contributed by atoms with Crippen molar-refractivity contribution in [3.63, 3.8) is 0 Å². The van der Waals surface area contributed by atoms with Gasteiger partial charge in [0.15, 0.2) is 0 Å². The Morgan fingerprint density at radius 2 is 1.96 bits per heavy atom. The van der Waals surface area contributed by atoms with Crippen molar-refractivity contribution in [2.24, 2.45) is 11.7 Å². The van der Waals surface area contributed by atoms with Crippen LogP contribution in [0.1, 0.15) is 29.0 Å². The van der Waals surface area contributed by atoms with Gasteiger partial charge in [0.1, 0.15) is 0 Å². The molecule has 0 aliphatic heterocycles. The van der Waals surface area contributed by atoms with Gasteiger partial charge in [-0.25, -0.2) is 4.79 Å². The molecular formula is C19H21N3O2. The van der Waals surface area contributed by atoms with Crippen molar-refractivity contribution >= 4 is 17.6 Å². The van der Waals surface area contributed by atoms with Crippen LogP contribution in [0.25, 0.3) is 0 Å². The minimum absolute atomic E-state index is 0.0544. The summed E-state index contributed by atoms with van der Waals surface area (Å²) >= 11 is 0. The number of hydrogen-bond acceptors (Lipinski definition) is 2. The number of nitrogens with two attached hydrogens (primary N) is 1. The van der Waals surface area contributed by atoms with Crippen molar-refractivity contribution in [3.05, 3.63) is 65.2 Å². The number of primary amides is 1. The summed E-state index contributed by atoms with van der Waals surface area (Å²) in [5, 5.41) is 5.50. The van der Waals surface area contributed by atoms with Crippen LogP contribution in [0.15, 0.2) is 48.5 Å². The second-order valence-corrected chi connectivity index (χ2v) is 6.27. The lowest BCUT2D eigenvalue weighted by Crippen LogP contribution is -2.25. The first-order valence-corrected chi connectivity index (χ1v) is 8.02. The second kappa shape index (κ2) is 6.74. The average molecular weight is 323 g/mol. The summed E-state index contributed by atoms with van der Waals surface area (Å²) in [5.41, 5.74) is 9.11. The average Bonchev–Trinajstić information content (AvgIpc) is 3.33. The van der Waals surface area contributed by atoms with Gasteiger partial charge in [-0.15, -0.1) is 0 Å². The SMILES string of the molecule is Cc1cccc([C@H]2C[C@H]2C(=O)NCc2cccc(NC(N)=O)c2)c1. The fraction of sp³-hybridized carbons (Fsp3) is 0.263. The van der Waals surface area contributed by atoms with Crippen LogP contribution in [-0.4, -0.2) is 11.9 Å². The summed E-state index contributed by atoms with van der Waals surface area (Å²) < 4.78 is 0. The summed E-state index contributed by atoms with van der Waals surface area (Å²) in [4.78, 5) is 23.2. The van der Waals surface area contributed by atoms with Gasteiger partial charge in [0.25, 0.3) is 0 Å². The van der Waals surface area contributed by atoms with Crippen molar-refractivity contribution in [1.82, 2.24) is 5.32 Å². The van der Waals surface area contributed by atoms with E-state index in [1.807, 2.05) is 18.2 Å². The predicted octanol–water partition coefficient (Wildman–Crippen LogP) is 2.91. The van der Waals surface area contributed by atoms with E-state index in [0.717, 1.165) is 12.0 Å². The highest BCUT2D eigenvalue weighted by Crippen LogP contribution is 2.47. The molecule has 4 N–H and O–H groups in total. The molecule has 3 rings (SSSR count). The molecular weight excluding hydrogens is 302 g/mol. The van der Waals surface area contributed by atoms with Gasteiger partial charge in [-0.2, -0.15) is 0 Å². The van der Waals surface area contributed by atoms with Crippen LogP contribution in [-0.2, 0) is 11.3 Å². The maximum absolute atomic E-state index is 12.3. The van der Waals surface area contributed by atoms with Gasteiger partial charge in [-0.3, -0.25) is 4.79 Å². The zero-order valence-corrected chi connectivity index (χ0v) is 13.6. The molecule has 0 radical (unpaired) electrons. The topological polar surface area (TPSA) is 84.2 Å². The largest absolute Gasteiger partial charge is 0.352 e. The van der Waals surface area contributed by atoms with Gasteiger partial charge in [-0.1, -0.05) is 42.0 Å². The number of nitrogens with one attached hydrogen (secondary N) is 2. The lowest BCUT2D eigenvalue weighted by Gasteiger charge is -2.08. The summed E-state index contributed by atoms with van der Waals surface area (Å²) in [6, 6.07) is 15.0. The third-order valence-corrected chi connectivity index (χ3v) is 4.26. The van der Waals surface area contributed by atoms with Gasteiger partial charge in [-0.05, 0) is 42.5 Å². The number of aryl methyl sites for hydroxylation is 1. The highest BCUT2D eigenvalue weighted by molar-refractivity contribution is 5.87. The van der Waals surface area contributed by atoms with E-state index in [-0.39, 0.29) is 11.8 Å². The summed E-state index contributed by atoms with van der Waals surface area (Å²) in [6.45, 7) is 2.50. The van der Waals surface area contributed by atoms with Crippen molar-refractivity contribution in [2.45, 2.75) is 25.8 Å². The first-order chi connectivity index (χ1) is 11.5. The first-order valence-electron chi connectivity index (χ1n) is 8.02. The number of carbonyl (C=O) groups is 2. The normalized spacial score (nSPS) is 18.7. The summed E-state index contributed by atoms with van der Waals surface area (Å²) in [5.74, 6) is 0.459. The van der Waals surface area contributed by atoms with E-state index in [1.165, 1.54) is 11.1 Å². The third-order valence-electron chi connectivity index (χ3n) is 4.26. The molecule has 1 aliphatic rings. The molecule has 2 atom stereocenters. The minimum Gasteiger partial charge on any atom is -0.352 e. The van der Waals surface area contributed by atoms with Gasteiger partial charge >= 0.3 is 6.03 Å². The quantitative estimate of drug-likeness (QED) is 0.790. The molecule has 0 heterocycles. The van der Waals surface area contributed by atoms with Crippen molar-refractivity contribution in [1.29, 1.82) is 0 Å². The number of urea groups is 1.